The summed E-state index contributed by atoms with van der Waals surface area (Å²) in [7, 11) is 1.52. The Morgan fingerprint density at radius 1 is 1.07 bits per heavy atom. The van der Waals surface area contributed by atoms with Crippen molar-refractivity contribution in [2.45, 2.75) is 82.9 Å². The molecule has 4 unspecified atom stereocenters. The summed E-state index contributed by atoms with van der Waals surface area (Å²) in [6, 6.07) is 0. The topological polar surface area (TPSA) is 110 Å². The quantitative estimate of drug-likeness (QED) is 0.745. The van der Waals surface area contributed by atoms with Crippen molar-refractivity contribution in [2.24, 2.45) is 0 Å². The molecule has 1 N–H and O–H groups in total. The molecule has 0 saturated carbocycles. The Hall–Kier alpha value is -1.56. The highest BCUT2D eigenvalue weighted by molar-refractivity contribution is 5.05. The van der Waals surface area contributed by atoms with Gasteiger partial charge in [-0.25, -0.2) is 4.79 Å². The van der Waals surface area contributed by atoms with Crippen molar-refractivity contribution in [3.63, 3.8) is 0 Å². The van der Waals surface area contributed by atoms with E-state index in [1.807, 2.05) is 27.7 Å². The van der Waals surface area contributed by atoms with Crippen LogP contribution in [0.25, 0.3) is 0 Å². The van der Waals surface area contributed by atoms with Gasteiger partial charge in [-0.3, -0.25) is 14.3 Å². The molecule has 3 saturated heterocycles. The Labute approximate surface area is 168 Å². The number of ether oxygens (including phenoxy) is 6. The van der Waals surface area contributed by atoms with Gasteiger partial charge >= 0.3 is 5.69 Å². The molecule has 0 amide bonds. The van der Waals surface area contributed by atoms with Gasteiger partial charge in [-0.1, -0.05) is 0 Å². The number of nitrogens with zero attached hydrogens (tertiary/aromatic N) is 1. The van der Waals surface area contributed by atoms with Crippen molar-refractivity contribution in [3.05, 3.63) is 32.6 Å². The van der Waals surface area contributed by atoms with Crippen LogP contribution in [0.5, 0.6) is 0 Å². The zero-order valence-corrected chi connectivity index (χ0v) is 17.5. The number of aromatic amines is 1. The van der Waals surface area contributed by atoms with Crippen LogP contribution in [-0.4, -0.2) is 65.4 Å². The Balaban J connectivity index is 1.81. The highest BCUT2D eigenvalue weighted by atomic mass is 16.8. The summed E-state index contributed by atoms with van der Waals surface area (Å²) >= 11 is 0. The molecule has 1 aromatic rings. The molecule has 10 nitrogen and oxygen atoms in total. The minimum absolute atomic E-state index is 0.245. The fourth-order valence-corrected chi connectivity index (χ4v) is 4.20. The Morgan fingerprint density at radius 2 is 1.72 bits per heavy atom. The van der Waals surface area contributed by atoms with E-state index in [9.17, 15) is 9.59 Å². The number of aromatic nitrogens is 2. The predicted octanol–water partition coefficient (Wildman–Crippen LogP) is 0.429. The van der Waals surface area contributed by atoms with E-state index < -0.39 is 59.6 Å². The van der Waals surface area contributed by atoms with Crippen molar-refractivity contribution in [3.8, 4) is 0 Å². The standard InChI is InChI=1S/C19H28N2O8/c1-9-7-21(17(23)20-15(9)22)16-14(24-6)13-12(28-19(4,5)29-13)11-10(26-16)8-25-18(2,3)27-11/h7,10-14,16H,8H2,1-6H3,(H,20,22,23)/t10?,11-,12?,13+,14?,16?/m1/s1. The lowest BCUT2D eigenvalue weighted by atomic mass is 9.99. The van der Waals surface area contributed by atoms with Gasteiger partial charge in [-0.15, -0.1) is 0 Å². The molecule has 0 aromatic carbocycles. The predicted molar refractivity (Wildman–Crippen MR) is 99.5 cm³/mol. The summed E-state index contributed by atoms with van der Waals surface area (Å²) in [6.45, 7) is 9.15. The third-order valence-corrected chi connectivity index (χ3v) is 5.48. The summed E-state index contributed by atoms with van der Waals surface area (Å²) in [6.07, 6.45) is -2.19. The minimum Gasteiger partial charge on any atom is -0.374 e. The normalized spacial score (nSPS) is 38.1. The largest absolute Gasteiger partial charge is 0.374 e. The fraction of sp³-hybridized carbons (Fsp3) is 0.789. The van der Waals surface area contributed by atoms with Gasteiger partial charge in [0, 0.05) is 18.9 Å². The van der Waals surface area contributed by atoms with E-state index in [1.165, 1.54) is 17.9 Å². The maximum atomic E-state index is 12.6. The third kappa shape index (κ3) is 3.69. The van der Waals surface area contributed by atoms with Crippen LogP contribution in [0.2, 0.25) is 0 Å². The van der Waals surface area contributed by atoms with Crippen LogP contribution in [0.1, 0.15) is 39.5 Å². The first kappa shape index (κ1) is 20.7. The number of hydrogen-bond donors (Lipinski definition) is 1. The molecule has 0 aliphatic carbocycles. The van der Waals surface area contributed by atoms with Gasteiger partial charge in [0.2, 0.25) is 0 Å². The average Bonchev–Trinajstić information content (AvgIpc) is 2.88. The Kier molecular flexibility index (Phi) is 5.00. The highest BCUT2D eigenvalue weighted by Gasteiger charge is 2.58. The van der Waals surface area contributed by atoms with E-state index in [1.54, 1.807) is 6.92 Å². The number of hydrogen-bond acceptors (Lipinski definition) is 8. The number of H-pyrrole nitrogens is 1. The first-order chi connectivity index (χ1) is 13.5. The smallest absolute Gasteiger partial charge is 0.330 e. The maximum Gasteiger partial charge on any atom is 0.330 e. The number of methoxy groups -OCH3 is 1. The van der Waals surface area contributed by atoms with Crippen LogP contribution < -0.4 is 11.2 Å². The number of aryl methyl sites for hydroxylation is 1. The molecule has 4 heterocycles. The van der Waals surface area contributed by atoms with E-state index in [0.29, 0.717) is 5.56 Å². The Morgan fingerprint density at radius 3 is 2.41 bits per heavy atom. The van der Waals surface area contributed by atoms with Gasteiger partial charge in [0.05, 0.1) is 6.61 Å². The van der Waals surface area contributed by atoms with Crippen LogP contribution in [0.3, 0.4) is 0 Å². The van der Waals surface area contributed by atoms with E-state index in [-0.39, 0.29) is 6.61 Å². The van der Waals surface area contributed by atoms with Gasteiger partial charge in [0.1, 0.15) is 30.5 Å². The Bertz CT molecular complexity index is 891. The zero-order chi connectivity index (χ0) is 21.1. The number of nitrogens with one attached hydrogen (secondary N) is 1. The van der Waals surface area contributed by atoms with Crippen molar-refractivity contribution in [1.82, 2.24) is 9.55 Å². The van der Waals surface area contributed by atoms with E-state index in [0.717, 1.165) is 0 Å². The summed E-state index contributed by atoms with van der Waals surface area (Å²) in [5, 5.41) is 0. The summed E-state index contributed by atoms with van der Waals surface area (Å²) in [5.41, 5.74) is -0.669. The van der Waals surface area contributed by atoms with E-state index >= 15 is 0 Å². The molecule has 0 radical (unpaired) electrons. The fourth-order valence-electron chi connectivity index (χ4n) is 4.20. The molecule has 29 heavy (non-hydrogen) atoms. The van der Waals surface area contributed by atoms with Crippen LogP contribution in [0.15, 0.2) is 15.8 Å². The van der Waals surface area contributed by atoms with Crippen LogP contribution in [-0.2, 0) is 28.4 Å². The van der Waals surface area contributed by atoms with E-state index in [2.05, 4.69) is 4.98 Å². The van der Waals surface area contributed by atoms with Crippen LogP contribution in [0.4, 0.5) is 0 Å². The van der Waals surface area contributed by atoms with Crippen LogP contribution >= 0.6 is 0 Å². The average molecular weight is 412 g/mol. The second-order valence-corrected chi connectivity index (χ2v) is 8.60. The first-order valence-corrected chi connectivity index (χ1v) is 9.69. The van der Waals surface area contributed by atoms with Crippen LogP contribution in [0, 0.1) is 6.92 Å². The van der Waals surface area contributed by atoms with Gasteiger partial charge in [0.15, 0.2) is 17.8 Å². The van der Waals surface area contributed by atoms with Crippen molar-refractivity contribution in [1.29, 1.82) is 0 Å². The van der Waals surface area contributed by atoms with E-state index in [4.69, 9.17) is 28.4 Å². The van der Waals surface area contributed by atoms with Crippen molar-refractivity contribution < 1.29 is 28.4 Å². The lowest BCUT2D eigenvalue weighted by Gasteiger charge is -2.42. The van der Waals surface area contributed by atoms with Crippen molar-refractivity contribution >= 4 is 0 Å². The molecule has 4 rings (SSSR count). The second-order valence-electron chi connectivity index (χ2n) is 8.60. The summed E-state index contributed by atoms with van der Waals surface area (Å²) in [4.78, 5) is 26.7. The molecule has 3 fully saturated rings. The van der Waals surface area contributed by atoms with Gasteiger partial charge < -0.3 is 28.4 Å². The molecule has 10 heteroatoms. The molecule has 3 aliphatic rings. The lowest BCUT2D eigenvalue weighted by Crippen LogP contribution is -2.55. The summed E-state index contributed by atoms with van der Waals surface area (Å²) < 4.78 is 37.6. The molecule has 6 atom stereocenters. The molecule has 1 aromatic heterocycles. The zero-order valence-electron chi connectivity index (χ0n) is 17.5. The van der Waals surface area contributed by atoms with Gasteiger partial charge in [-0.05, 0) is 34.6 Å². The van der Waals surface area contributed by atoms with Crippen molar-refractivity contribution in [2.75, 3.05) is 13.7 Å². The van der Waals surface area contributed by atoms with Gasteiger partial charge in [0.25, 0.3) is 5.56 Å². The highest BCUT2D eigenvalue weighted by Crippen LogP contribution is 2.43. The monoisotopic (exact) mass is 412 g/mol. The maximum absolute atomic E-state index is 12.6. The van der Waals surface area contributed by atoms with Gasteiger partial charge in [-0.2, -0.15) is 0 Å². The summed E-state index contributed by atoms with van der Waals surface area (Å²) in [5.74, 6) is -1.69. The first-order valence-electron chi connectivity index (χ1n) is 9.69. The second kappa shape index (κ2) is 7.00. The molecule has 0 spiro atoms. The minimum atomic E-state index is -0.878. The molecular weight excluding hydrogens is 384 g/mol. The SMILES string of the molecule is COC1C(n2cc(C)c(=O)[nH]c2=O)OC2COC(C)(C)O[C@H]2C2OC(C)(C)O[C@H]12. The molecule has 162 valence electrons. The lowest BCUT2D eigenvalue weighted by molar-refractivity contribution is -0.333. The molecule has 0 bridgehead atoms. The number of fused-ring (bicyclic) bond motifs is 3. The molecule has 3 aliphatic heterocycles. The third-order valence-electron chi connectivity index (χ3n) is 5.48. The number of rotatable bonds is 2. The molecular formula is C19H28N2O8.